The lowest BCUT2D eigenvalue weighted by molar-refractivity contribution is -0.153. The van der Waals surface area contributed by atoms with Gasteiger partial charge in [0.1, 0.15) is 17.3 Å². The van der Waals surface area contributed by atoms with Crippen molar-refractivity contribution in [2.75, 3.05) is 26.1 Å². The Labute approximate surface area is 239 Å². The molecule has 4 rings (SSSR count). The highest BCUT2D eigenvalue weighted by Gasteiger charge is 2.31. The van der Waals surface area contributed by atoms with Crippen molar-refractivity contribution in [3.05, 3.63) is 59.7 Å². The van der Waals surface area contributed by atoms with E-state index in [9.17, 15) is 18.0 Å². The van der Waals surface area contributed by atoms with Gasteiger partial charge in [-0.15, -0.1) is 0 Å². The largest absolute Gasteiger partial charge is 0.493 e. The minimum atomic E-state index is -4.61. The molecule has 9 nitrogen and oxygen atoms in total. The second-order valence-electron chi connectivity index (χ2n) is 9.40. The average Bonchev–Trinajstić information content (AvgIpc) is 3.65. The summed E-state index contributed by atoms with van der Waals surface area (Å²) in [5.74, 6) is -0.833. The summed E-state index contributed by atoms with van der Waals surface area (Å²) in [5, 5.41) is 6.55. The molecule has 0 radical (unpaired) electrons. The summed E-state index contributed by atoms with van der Waals surface area (Å²) in [6.45, 7) is 3.70. The Kier molecular flexibility index (Phi) is 9.38. The van der Waals surface area contributed by atoms with Gasteiger partial charge >= 0.3 is 6.18 Å². The van der Waals surface area contributed by atoms with Gasteiger partial charge in [0.2, 0.25) is 0 Å². The fourth-order valence-corrected chi connectivity index (χ4v) is 4.59. The summed E-state index contributed by atoms with van der Waals surface area (Å²) < 4.78 is 76.5. The molecule has 0 aliphatic heterocycles. The number of alkyl halides is 3. The zero-order valence-electron chi connectivity index (χ0n) is 23.3. The second kappa shape index (κ2) is 13.0. The molecule has 1 saturated carbocycles. The van der Waals surface area contributed by atoms with Crippen LogP contribution in [0.15, 0.2) is 47.6 Å². The van der Waals surface area contributed by atoms with Gasteiger partial charge in [-0.1, -0.05) is 12.8 Å². The van der Waals surface area contributed by atoms with Gasteiger partial charge in [0.15, 0.2) is 29.5 Å². The van der Waals surface area contributed by atoms with E-state index in [-0.39, 0.29) is 28.9 Å². The van der Waals surface area contributed by atoms with Gasteiger partial charge in [-0.25, -0.2) is 4.39 Å². The molecule has 1 aromatic heterocycles. The van der Waals surface area contributed by atoms with Crippen LogP contribution in [-0.4, -0.2) is 49.4 Å². The Morgan fingerprint density at radius 3 is 2.43 bits per heavy atom. The minimum absolute atomic E-state index is 0.0590. The van der Waals surface area contributed by atoms with Gasteiger partial charge < -0.3 is 24.3 Å². The van der Waals surface area contributed by atoms with E-state index >= 15 is 4.39 Å². The summed E-state index contributed by atoms with van der Waals surface area (Å²) in [6.07, 6.45) is 1.75. The van der Waals surface area contributed by atoms with Crippen molar-refractivity contribution in [1.82, 2.24) is 9.78 Å². The van der Waals surface area contributed by atoms with Gasteiger partial charge in [0.05, 0.1) is 37.8 Å². The number of allylic oxidation sites excluding steroid dienone is 1. The molecule has 0 bridgehead atoms. The molecule has 2 aromatic carbocycles. The highest BCUT2D eigenvalue weighted by atomic mass is 19.4. The Bertz CT molecular complexity index is 1480. The van der Waals surface area contributed by atoms with E-state index in [2.05, 4.69) is 22.1 Å². The van der Waals surface area contributed by atoms with Gasteiger partial charge in [0.25, 0.3) is 5.91 Å². The van der Waals surface area contributed by atoms with Crippen molar-refractivity contribution in [3.63, 3.8) is 0 Å². The van der Waals surface area contributed by atoms with Crippen LogP contribution >= 0.6 is 0 Å². The van der Waals surface area contributed by atoms with E-state index in [1.807, 2.05) is 0 Å². The number of aromatic nitrogens is 2. The maximum absolute atomic E-state index is 15.1. The van der Waals surface area contributed by atoms with Gasteiger partial charge in [0, 0.05) is 17.7 Å². The van der Waals surface area contributed by atoms with E-state index in [1.54, 1.807) is 25.1 Å². The first-order valence-electron chi connectivity index (χ1n) is 13.0. The van der Waals surface area contributed by atoms with Crippen molar-refractivity contribution in [1.29, 1.82) is 0 Å². The molecule has 0 spiro atoms. The third-order valence-electron chi connectivity index (χ3n) is 6.62. The molecule has 0 saturated heterocycles. The number of hydrogen-bond acceptors (Lipinski definition) is 7. The monoisotopic (exact) mass is 590 g/mol. The molecule has 1 amide bonds. The highest BCUT2D eigenvalue weighted by Crippen LogP contribution is 2.39. The SMILES string of the molecule is C=Nc1cc(OC)c(OC)cc1/C(=C\C)Oc1ccc(NC(=O)c2nn(C3CCCC3)cc2OCC(F)(F)F)c(F)c1. The quantitative estimate of drug-likeness (QED) is 0.145. The standard InChI is InChI=1S/C29H30F4N4O5/c1-5-23(19-13-24(39-3)25(40-4)14-22(19)34-2)42-18-10-11-21(20(30)12-18)35-28(38)27-26(41-16-29(31,32)33)15-37(36-27)17-8-6-7-9-17/h5,10-15,17H,2,6-9,16H2,1,3-4H3,(H,35,38)/b23-5+. The molecule has 3 aromatic rings. The highest BCUT2D eigenvalue weighted by molar-refractivity contribution is 6.04. The number of carbonyl (C=O) groups excluding carboxylic acids is 1. The molecule has 0 unspecified atom stereocenters. The van der Waals surface area contributed by atoms with Crippen LogP contribution in [0.4, 0.5) is 28.9 Å². The molecule has 42 heavy (non-hydrogen) atoms. The van der Waals surface area contributed by atoms with Crippen molar-refractivity contribution >= 4 is 29.8 Å². The summed E-state index contributed by atoms with van der Waals surface area (Å²) in [4.78, 5) is 17.0. The lowest BCUT2D eigenvalue weighted by atomic mass is 10.1. The summed E-state index contributed by atoms with van der Waals surface area (Å²) >= 11 is 0. The van der Waals surface area contributed by atoms with Crippen LogP contribution in [0.2, 0.25) is 0 Å². The van der Waals surface area contributed by atoms with Crippen molar-refractivity contribution in [3.8, 4) is 23.0 Å². The molecule has 1 aliphatic carbocycles. The Morgan fingerprint density at radius 2 is 1.83 bits per heavy atom. The number of carbonyl (C=O) groups is 1. The maximum Gasteiger partial charge on any atom is 0.422 e. The van der Waals surface area contributed by atoms with Crippen LogP contribution < -0.4 is 24.3 Å². The van der Waals surface area contributed by atoms with Gasteiger partial charge in [-0.05, 0) is 50.8 Å². The third kappa shape index (κ3) is 7.01. The van der Waals surface area contributed by atoms with Crippen LogP contribution in [0.5, 0.6) is 23.0 Å². The zero-order chi connectivity index (χ0) is 30.4. The van der Waals surface area contributed by atoms with Crippen LogP contribution in [0, 0.1) is 5.82 Å². The van der Waals surface area contributed by atoms with Crippen LogP contribution in [0.25, 0.3) is 5.76 Å². The Hall–Kier alpha value is -4.55. The maximum atomic E-state index is 15.1. The lowest BCUT2D eigenvalue weighted by Crippen LogP contribution is -2.21. The van der Waals surface area contributed by atoms with Gasteiger partial charge in [-0.3, -0.25) is 14.5 Å². The summed E-state index contributed by atoms with van der Waals surface area (Å²) in [7, 11) is 2.96. The van der Waals surface area contributed by atoms with Gasteiger partial charge in [-0.2, -0.15) is 18.3 Å². The first kappa shape index (κ1) is 30.4. The topological polar surface area (TPSA) is 96.2 Å². The number of ether oxygens (including phenoxy) is 4. The van der Waals surface area contributed by atoms with Crippen molar-refractivity contribution in [2.45, 2.75) is 44.8 Å². The number of amides is 1. The lowest BCUT2D eigenvalue weighted by Gasteiger charge is -2.16. The fourth-order valence-electron chi connectivity index (χ4n) is 4.59. The predicted octanol–water partition coefficient (Wildman–Crippen LogP) is 7.12. The molecule has 0 atom stereocenters. The fraction of sp³-hybridized carbons (Fsp3) is 0.345. The van der Waals surface area contributed by atoms with E-state index in [4.69, 9.17) is 18.9 Å². The van der Waals surface area contributed by atoms with E-state index in [1.165, 1.54) is 37.2 Å². The molecule has 1 heterocycles. The first-order chi connectivity index (χ1) is 20.1. The smallest absolute Gasteiger partial charge is 0.422 e. The molecular formula is C29H30F4N4O5. The number of nitrogens with zero attached hydrogens (tertiary/aromatic N) is 3. The number of halogens is 4. The number of anilines is 1. The number of hydrogen-bond donors (Lipinski definition) is 1. The first-order valence-corrected chi connectivity index (χ1v) is 13.0. The molecule has 1 N–H and O–H groups in total. The minimum Gasteiger partial charge on any atom is -0.493 e. The molecule has 1 fully saturated rings. The summed E-state index contributed by atoms with van der Waals surface area (Å²) in [6, 6.07) is 6.94. The average molecular weight is 591 g/mol. The third-order valence-corrected chi connectivity index (χ3v) is 6.62. The van der Waals surface area contributed by atoms with E-state index in [0.29, 0.717) is 28.5 Å². The Morgan fingerprint density at radius 1 is 1.14 bits per heavy atom. The zero-order valence-corrected chi connectivity index (χ0v) is 23.3. The molecule has 13 heteroatoms. The van der Waals surface area contributed by atoms with Crippen LogP contribution in [-0.2, 0) is 0 Å². The summed E-state index contributed by atoms with van der Waals surface area (Å²) in [5.41, 5.74) is 0.337. The van der Waals surface area contributed by atoms with Crippen LogP contribution in [0.3, 0.4) is 0 Å². The number of rotatable bonds is 11. The number of benzene rings is 2. The predicted molar refractivity (Wildman–Crippen MR) is 149 cm³/mol. The second-order valence-corrected chi connectivity index (χ2v) is 9.40. The van der Waals surface area contributed by atoms with Crippen molar-refractivity contribution < 1.29 is 41.3 Å². The van der Waals surface area contributed by atoms with E-state index < -0.39 is 24.5 Å². The Balaban J connectivity index is 1.54. The normalized spacial score (nSPS) is 14.0. The number of methoxy groups -OCH3 is 2. The molecule has 224 valence electrons. The molecular weight excluding hydrogens is 560 g/mol. The van der Waals surface area contributed by atoms with E-state index in [0.717, 1.165) is 31.7 Å². The van der Waals surface area contributed by atoms with Crippen molar-refractivity contribution in [2.24, 2.45) is 4.99 Å². The molecule has 1 aliphatic rings. The van der Waals surface area contributed by atoms with Crippen LogP contribution in [0.1, 0.15) is 54.7 Å². The number of aliphatic imine (C=N–C) groups is 1. The number of nitrogens with one attached hydrogen (secondary N) is 1.